The van der Waals surface area contributed by atoms with Crippen molar-refractivity contribution in [3.8, 4) is 0 Å². The molecule has 12 unspecified atom stereocenters. The lowest BCUT2D eigenvalue weighted by atomic mass is 9.57. The summed E-state index contributed by atoms with van der Waals surface area (Å²) in [5.74, 6) is 2.00. The summed E-state index contributed by atoms with van der Waals surface area (Å²) >= 11 is 0. The molecule has 4 fully saturated rings. The van der Waals surface area contributed by atoms with Crippen molar-refractivity contribution in [1.29, 1.82) is 0 Å². The van der Waals surface area contributed by atoms with Gasteiger partial charge in [0, 0.05) is 6.42 Å². The highest BCUT2D eigenvalue weighted by Crippen LogP contribution is 2.57. The van der Waals surface area contributed by atoms with Crippen molar-refractivity contribution < 1.29 is 24.1 Å². The van der Waals surface area contributed by atoms with Crippen molar-refractivity contribution in [3.63, 3.8) is 0 Å². The van der Waals surface area contributed by atoms with E-state index < -0.39 is 12.3 Å². The molecule has 0 aromatic rings. The van der Waals surface area contributed by atoms with Crippen LogP contribution in [0.25, 0.3) is 0 Å². The zero-order valence-electron chi connectivity index (χ0n) is 20.9. The topological polar surface area (TPSA) is 129 Å². The van der Waals surface area contributed by atoms with E-state index in [9.17, 15) is 9.90 Å². The van der Waals surface area contributed by atoms with Gasteiger partial charge in [-0.3, -0.25) is 4.79 Å². The number of fused-ring (bicyclic) bond motifs is 3. The van der Waals surface area contributed by atoms with Crippen molar-refractivity contribution in [2.45, 2.75) is 108 Å². The molecule has 1 saturated heterocycles. The van der Waals surface area contributed by atoms with Crippen molar-refractivity contribution in [2.24, 2.45) is 41.1 Å². The summed E-state index contributed by atoms with van der Waals surface area (Å²) in [5.41, 5.74) is 13.0. The van der Waals surface area contributed by atoms with Gasteiger partial charge in [-0.25, -0.2) is 0 Å². The number of hydrogen-bond acceptors (Lipinski definition) is 7. The SMILES string of the molecule is [CH2+]C1C(O)CCC(COC2C(N)C(OCC(N)NC(=O)CC)C3CCC3C3CCC32)OC1CC. The highest BCUT2D eigenvalue weighted by atomic mass is 16.5. The third-order valence-corrected chi connectivity index (χ3v) is 9.06. The average Bonchev–Trinajstić information content (AvgIpc) is 2.95. The fraction of sp³-hybridized carbons (Fsp3) is 0.923. The van der Waals surface area contributed by atoms with Crippen LogP contribution >= 0.6 is 0 Å². The molecule has 1 amide bonds. The number of rotatable bonds is 9. The normalized spacial score (nSPS) is 44.9. The average molecular weight is 481 g/mol. The number of nitrogens with one attached hydrogen (secondary N) is 1. The zero-order valence-corrected chi connectivity index (χ0v) is 20.9. The number of ether oxygens (including phenoxy) is 3. The third-order valence-electron chi connectivity index (χ3n) is 9.06. The molecule has 0 bridgehead atoms. The summed E-state index contributed by atoms with van der Waals surface area (Å²) in [4.78, 5) is 11.7. The molecular formula is C26H46N3O5+. The molecule has 0 radical (unpaired) electrons. The van der Waals surface area contributed by atoms with Crippen LogP contribution in [-0.2, 0) is 19.0 Å². The van der Waals surface area contributed by atoms with E-state index in [-0.39, 0.29) is 48.9 Å². The molecule has 0 spiro atoms. The van der Waals surface area contributed by atoms with Gasteiger partial charge in [0.15, 0.2) is 0 Å². The number of nitrogens with two attached hydrogens (primary N) is 2. The maximum Gasteiger partial charge on any atom is 0.220 e. The second-order valence-corrected chi connectivity index (χ2v) is 11.0. The fourth-order valence-corrected chi connectivity index (χ4v) is 6.75. The van der Waals surface area contributed by atoms with Crippen LogP contribution in [0.4, 0.5) is 0 Å². The van der Waals surface area contributed by atoms with E-state index in [1.807, 2.05) is 0 Å². The largest absolute Gasteiger partial charge is 0.388 e. The fourth-order valence-electron chi connectivity index (χ4n) is 6.75. The molecule has 1 heterocycles. The molecule has 34 heavy (non-hydrogen) atoms. The molecule has 1 aliphatic heterocycles. The van der Waals surface area contributed by atoms with Crippen LogP contribution in [-0.4, -0.2) is 67.0 Å². The Hall–Kier alpha value is -0.900. The van der Waals surface area contributed by atoms with Gasteiger partial charge in [-0.15, -0.1) is 0 Å². The summed E-state index contributed by atoms with van der Waals surface area (Å²) in [6.07, 6.45) is 6.12. The molecule has 3 saturated carbocycles. The number of carbonyl (C=O) groups is 1. The number of carbonyl (C=O) groups excluding carboxylic acids is 1. The van der Waals surface area contributed by atoms with E-state index in [0.29, 0.717) is 43.1 Å². The lowest BCUT2D eigenvalue weighted by molar-refractivity contribution is -0.125. The van der Waals surface area contributed by atoms with E-state index in [0.717, 1.165) is 25.7 Å². The molecule has 0 aromatic heterocycles. The number of amides is 1. The summed E-state index contributed by atoms with van der Waals surface area (Å²) in [5, 5.41) is 13.2. The Kier molecular flexibility index (Phi) is 8.80. The Morgan fingerprint density at radius 1 is 1.06 bits per heavy atom. The Labute approximate surface area is 204 Å². The van der Waals surface area contributed by atoms with Gasteiger partial charge in [0.25, 0.3) is 0 Å². The Balaban J connectivity index is 1.40. The van der Waals surface area contributed by atoms with E-state index in [1.54, 1.807) is 6.92 Å². The van der Waals surface area contributed by atoms with Crippen molar-refractivity contribution in [2.75, 3.05) is 13.2 Å². The minimum atomic E-state index is -0.537. The smallest absolute Gasteiger partial charge is 0.220 e. The van der Waals surface area contributed by atoms with E-state index in [2.05, 4.69) is 19.2 Å². The standard InChI is InChI=1S/C26H45N3O5/c1-4-21-14(3)20(30)11-6-15(34-21)12-32-25-18-9-7-16(18)17-8-10-19(17)26(24(25)28)33-13-22(27)29-23(31)5-2/h14-22,24-26,30H,3-13,27-28H2,1-2H3/p+1. The molecule has 8 heteroatoms. The van der Waals surface area contributed by atoms with Gasteiger partial charge in [-0.2, -0.15) is 0 Å². The molecule has 4 aliphatic rings. The Morgan fingerprint density at radius 2 is 1.68 bits per heavy atom. The second kappa shape index (κ2) is 11.4. The van der Waals surface area contributed by atoms with Gasteiger partial charge < -0.3 is 36.1 Å². The van der Waals surface area contributed by atoms with E-state index >= 15 is 0 Å². The maximum absolute atomic E-state index is 11.7. The monoisotopic (exact) mass is 480 g/mol. The van der Waals surface area contributed by atoms with Crippen molar-refractivity contribution in [1.82, 2.24) is 5.32 Å². The van der Waals surface area contributed by atoms with Gasteiger partial charge in [0.1, 0.15) is 18.2 Å². The van der Waals surface area contributed by atoms with Gasteiger partial charge in [0.05, 0.1) is 50.6 Å². The number of hydrogen-bond donors (Lipinski definition) is 4. The Morgan fingerprint density at radius 3 is 2.24 bits per heavy atom. The van der Waals surface area contributed by atoms with Crippen molar-refractivity contribution in [3.05, 3.63) is 6.92 Å². The molecule has 3 aliphatic carbocycles. The van der Waals surface area contributed by atoms with Crippen LogP contribution in [0.5, 0.6) is 0 Å². The summed E-state index contributed by atoms with van der Waals surface area (Å²) in [6, 6.07) is -0.240. The minimum absolute atomic E-state index is 0.0582. The predicted octanol–water partition coefficient (Wildman–Crippen LogP) is 1.73. The molecular weight excluding hydrogens is 434 g/mol. The van der Waals surface area contributed by atoms with Crippen LogP contribution in [0.1, 0.15) is 65.2 Å². The summed E-state index contributed by atoms with van der Waals surface area (Å²) < 4.78 is 19.2. The summed E-state index contributed by atoms with van der Waals surface area (Å²) in [7, 11) is 0. The van der Waals surface area contributed by atoms with E-state index in [4.69, 9.17) is 25.7 Å². The molecule has 8 nitrogen and oxygen atoms in total. The number of aliphatic hydroxyl groups excluding tert-OH is 1. The van der Waals surface area contributed by atoms with E-state index in [1.165, 1.54) is 12.8 Å². The lowest BCUT2D eigenvalue weighted by Crippen LogP contribution is -2.55. The van der Waals surface area contributed by atoms with Gasteiger partial charge in [-0.05, 0) is 68.6 Å². The molecule has 4 rings (SSSR count). The van der Waals surface area contributed by atoms with Gasteiger partial charge in [0.2, 0.25) is 5.91 Å². The molecule has 194 valence electrons. The lowest BCUT2D eigenvalue weighted by Gasteiger charge is -2.49. The van der Waals surface area contributed by atoms with Crippen LogP contribution < -0.4 is 16.8 Å². The first kappa shape index (κ1) is 26.2. The van der Waals surface area contributed by atoms with Crippen LogP contribution in [0.3, 0.4) is 0 Å². The first-order chi connectivity index (χ1) is 16.3. The molecule has 0 aromatic carbocycles. The molecule has 12 atom stereocenters. The highest BCUT2D eigenvalue weighted by Gasteiger charge is 2.56. The highest BCUT2D eigenvalue weighted by molar-refractivity contribution is 5.75. The second-order valence-electron chi connectivity index (χ2n) is 11.0. The Bertz CT molecular complexity index is 681. The first-order valence-corrected chi connectivity index (χ1v) is 13.5. The predicted molar refractivity (Wildman–Crippen MR) is 129 cm³/mol. The maximum atomic E-state index is 11.7. The van der Waals surface area contributed by atoms with Crippen LogP contribution in [0.2, 0.25) is 0 Å². The zero-order chi connectivity index (χ0) is 24.4. The van der Waals surface area contributed by atoms with Crippen LogP contribution in [0, 0.1) is 36.5 Å². The van der Waals surface area contributed by atoms with Gasteiger partial charge >= 0.3 is 0 Å². The van der Waals surface area contributed by atoms with Crippen molar-refractivity contribution >= 4 is 5.91 Å². The summed E-state index contributed by atoms with van der Waals surface area (Å²) in [6.45, 7) is 8.74. The molecule has 6 N–H and O–H groups in total. The first-order valence-electron chi connectivity index (χ1n) is 13.5. The van der Waals surface area contributed by atoms with Gasteiger partial charge in [-0.1, -0.05) is 13.8 Å². The quantitative estimate of drug-likeness (QED) is 0.292. The minimum Gasteiger partial charge on any atom is -0.388 e. The number of aliphatic hydroxyl groups is 1. The van der Waals surface area contributed by atoms with Crippen LogP contribution in [0.15, 0.2) is 0 Å². The third kappa shape index (κ3) is 5.42.